The number of benzene rings is 2. The van der Waals surface area contributed by atoms with Crippen LogP contribution in [0.3, 0.4) is 0 Å². The van der Waals surface area contributed by atoms with E-state index in [1.54, 1.807) is 0 Å². The normalized spacial score (nSPS) is 16.5. The Kier molecular flexibility index (Phi) is 5.96. The van der Waals surface area contributed by atoms with Crippen LogP contribution in [0, 0.1) is 0 Å². The molecular formula is C26H29N5O2. The number of para-hydroxylation sites is 2. The van der Waals surface area contributed by atoms with Crippen LogP contribution in [0.15, 0.2) is 54.6 Å². The lowest BCUT2D eigenvalue weighted by atomic mass is 9.94. The van der Waals surface area contributed by atoms with E-state index in [2.05, 4.69) is 17.3 Å². The van der Waals surface area contributed by atoms with Gasteiger partial charge in [-0.05, 0) is 25.2 Å². The quantitative estimate of drug-likeness (QED) is 0.671. The summed E-state index contributed by atoms with van der Waals surface area (Å²) in [6, 6.07) is 17.6. The third kappa shape index (κ3) is 4.41. The molecule has 5 rings (SSSR count). The number of aromatic nitrogens is 1. The smallest absolute Gasteiger partial charge is 0.255 e. The van der Waals surface area contributed by atoms with Gasteiger partial charge < -0.3 is 20.0 Å². The van der Waals surface area contributed by atoms with Gasteiger partial charge in [-0.2, -0.15) is 0 Å². The number of hydrogen-bond donors (Lipinski definition) is 1. The maximum atomic E-state index is 13.7. The van der Waals surface area contributed by atoms with Crippen LogP contribution in [0.2, 0.25) is 0 Å². The molecule has 7 heteroatoms. The number of rotatable bonds is 4. The van der Waals surface area contributed by atoms with Gasteiger partial charge in [-0.15, -0.1) is 0 Å². The average molecular weight is 444 g/mol. The molecule has 2 aromatic carbocycles. The standard InChI is InChI=1S/C26H29N5O2/c1-29-13-15-30(16-14-29)26(33)25-20-9-5-6-10-22(20)28-23-11-12-31(18-21(23)25)24(32)17-27-19-7-3-2-4-8-19/h2-10,27H,11-18H2,1H3. The average Bonchev–Trinajstić information content (AvgIpc) is 2.86. The molecule has 2 aliphatic heterocycles. The van der Waals surface area contributed by atoms with Crippen LogP contribution in [0.1, 0.15) is 21.6 Å². The number of carbonyl (C=O) groups excluding carboxylic acids is 2. The van der Waals surface area contributed by atoms with Crippen LogP contribution in [0.5, 0.6) is 0 Å². The fourth-order valence-electron chi connectivity index (χ4n) is 4.66. The zero-order valence-corrected chi connectivity index (χ0v) is 19.0. The number of likely N-dealkylation sites (N-methyl/N-ethyl adjacent to an activating group) is 1. The minimum Gasteiger partial charge on any atom is -0.376 e. The number of nitrogens with zero attached hydrogens (tertiary/aromatic N) is 4. The highest BCUT2D eigenvalue weighted by Crippen LogP contribution is 2.29. The van der Waals surface area contributed by atoms with E-state index in [9.17, 15) is 9.59 Å². The summed E-state index contributed by atoms with van der Waals surface area (Å²) < 4.78 is 0. The Balaban J connectivity index is 1.43. The predicted octanol–water partition coefficient (Wildman–Crippen LogP) is 2.62. The maximum absolute atomic E-state index is 13.7. The molecule has 1 aromatic heterocycles. The number of pyridine rings is 1. The Hall–Kier alpha value is -3.45. The third-order valence-corrected chi connectivity index (χ3v) is 6.62. The fourth-order valence-corrected chi connectivity index (χ4v) is 4.66. The molecule has 170 valence electrons. The van der Waals surface area contributed by atoms with Crippen molar-refractivity contribution in [2.75, 3.05) is 51.6 Å². The van der Waals surface area contributed by atoms with Crippen molar-refractivity contribution in [2.45, 2.75) is 13.0 Å². The number of hydrogen-bond acceptors (Lipinski definition) is 5. The molecule has 0 spiro atoms. The van der Waals surface area contributed by atoms with Gasteiger partial charge in [0.1, 0.15) is 0 Å². The Labute approximate surface area is 194 Å². The van der Waals surface area contributed by atoms with E-state index in [-0.39, 0.29) is 18.4 Å². The number of amides is 2. The topological polar surface area (TPSA) is 68.8 Å². The summed E-state index contributed by atoms with van der Waals surface area (Å²) in [7, 11) is 2.08. The van der Waals surface area contributed by atoms with Crippen molar-refractivity contribution in [3.8, 4) is 0 Å². The lowest BCUT2D eigenvalue weighted by molar-refractivity contribution is -0.130. The highest BCUT2D eigenvalue weighted by molar-refractivity contribution is 6.08. The van der Waals surface area contributed by atoms with Crippen molar-refractivity contribution in [1.29, 1.82) is 0 Å². The predicted molar refractivity (Wildman–Crippen MR) is 129 cm³/mol. The van der Waals surface area contributed by atoms with Gasteiger partial charge in [0, 0.05) is 68.0 Å². The second-order valence-electron chi connectivity index (χ2n) is 8.81. The molecule has 0 bridgehead atoms. The Morgan fingerprint density at radius 1 is 0.909 bits per heavy atom. The molecule has 0 saturated carbocycles. The molecular weight excluding hydrogens is 414 g/mol. The highest BCUT2D eigenvalue weighted by Gasteiger charge is 2.30. The first-order chi connectivity index (χ1) is 16.1. The molecule has 1 fully saturated rings. The molecule has 7 nitrogen and oxygen atoms in total. The van der Waals surface area contributed by atoms with Gasteiger partial charge in [0.15, 0.2) is 0 Å². The van der Waals surface area contributed by atoms with Crippen LogP contribution < -0.4 is 5.32 Å². The van der Waals surface area contributed by atoms with Gasteiger partial charge in [-0.1, -0.05) is 36.4 Å². The Morgan fingerprint density at radius 2 is 1.64 bits per heavy atom. The number of carbonyl (C=O) groups is 2. The third-order valence-electron chi connectivity index (χ3n) is 6.62. The van der Waals surface area contributed by atoms with Gasteiger partial charge in [0.05, 0.1) is 17.6 Å². The van der Waals surface area contributed by atoms with Crippen molar-refractivity contribution in [2.24, 2.45) is 0 Å². The molecule has 0 aliphatic carbocycles. The van der Waals surface area contributed by atoms with E-state index >= 15 is 0 Å². The van der Waals surface area contributed by atoms with E-state index in [4.69, 9.17) is 4.98 Å². The number of fused-ring (bicyclic) bond motifs is 2. The van der Waals surface area contributed by atoms with Crippen molar-refractivity contribution in [3.63, 3.8) is 0 Å². The summed E-state index contributed by atoms with van der Waals surface area (Å²) in [5.41, 5.74) is 4.32. The SMILES string of the molecule is CN1CCN(C(=O)c2c3c(nc4ccccc24)CCN(C(=O)CNc2ccccc2)C3)CC1. The van der Waals surface area contributed by atoms with Crippen LogP contribution in [0.25, 0.3) is 10.9 Å². The van der Waals surface area contributed by atoms with E-state index < -0.39 is 0 Å². The molecule has 33 heavy (non-hydrogen) atoms. The van der Waals surface area contributed by atoms with E-state index in [1.807, 2.05) is 64.4 Å². The summed E-state index contributed by atoms with van der Waals surface area (Å²) in [4.78, 5) is 37.6. The molecule has 0 radical (unpaired) electrons. The van der Waals surface area contributed by atoms with E-state index in [1.165, 1.54) is 0 Å². The van der Waals surface area contributed by atoms with Crippen LogP contribution >= 0.6 is 0 Å². The molecule has 3 aromatic rings. The molecule has 0 atom stereocenters. The largest absolute Gasteiger partial charge is 0.376 e. The first-order valence-corrected chi connectivity index (χ1v) is 11.5. The summed E-state index contributed by atoms with van der Waals surface area (Å²) >= 11 is 0. The zero-order valence-electron chi connectivity index (χ0n) is 19.0. The van der Waals surface area contributed by atoms with Gasteiger partial charge in [-0.25, -0.2) is 0 Å². The number of nitrogens with one attached hydrogen (secondary N) is 1. The molecule has 1 N–H and O–H groups in total. The lowest BCUT2D eigenvalue weighted by Gasteiger charge is -2.35. The molecule has 2 aliphatic rings. The summed E-state index contributed by atoms with van der Waals surface area (Å²) in [5, 5.41) is 4.07. The van der Waals surface area contributed by atoms with E-state index in [0.717, 1.165) is 40.9 Å². The monoisotopic (exact) mass is 443 g/mol. The second kappa shape index (κ2) is 9.19. The van der Waals surface area contributed by atoms with Crippen LogP contribution in [-0.2, 0) is 17.8 Å². The summed E-state index contributed by atoms with van der Waals surface area (Å²) in [6.45, 7) is 4.41. The fraction of sp³-hybridized carbons (Fsp3) is 0.346. The van der Waals surface area contributed by atoms with E-state index in [0.29, 0.717) is 38.2 Å². The maximum Gasteiger partial charge on any atom is 0.255 e. The molecule has 0 unspecified atom stereocenters. The van der Waals surface area contributed by atoms with Crippen LogP contribution in [-0.4, -0.2) is 77.8 Å². The molecule has 2 amide bonds. The second-order valence-corrected chi connectivity index (χ2v) is 8.81. The first-order valence-electron chi connectivity index (χ1n) is 11.5. The number of piperazine rings is 1. The van der Waals surface area contributed by atoms with Gasteiger partial charge in [0.25, 0.3) is 5.91 Å². The van der Waals surface area contributed by atoms with Crippen molar-refractivity contribution in [1.82, 2.24) is 19.7 Å². The number of anilines is 1. The lowest BCUT2D eigenvalue weighted by Crippen LogP contribution is -2.48. The Morgan fingerprint density at radius 3 is 2.42 bits per heavy atom. The minimum atomic E-state index is 0.0238. The van der Waals surface area contributed by atoms with Crippen molar-refractivity contribution in [3.05, 3.63) is 71.4 Å². The molecule has 3 heterocycles. The zero-order chi connectivity index (χ0) is 22.8. The summed E-state index contributed by atoms with van der Waals surface area (Å²) in [5.74, 6) is 0.0744. The first kappa shape index (κ1) is 21.4. The van der Waals surface area contributed by atoms with Crippen LogP contribution in [0.4, 0.5) is 5.69 Å². The van der Waals surface area contributed by atoms with Gasteiger partial charge in [0.2, 0.25) is 5.91 Å². The molecule has 1 saturated heterocycles. The van der Waals surface area contributed by atoms with Crippen molar-refractivity contribution < 1.29 is 9.59 Å². The highest BCUT2D eigenvalue weighted by atomic mass is 16.2. The summed E-state index contributed by atoms with van der Waals surface area (Å²) in [6.07, 6.45) is 0.653. The minimum absolute atomic E-state index is 0.0238. The van der Waals surface area contributed by atoms with Gasteiger partial charge in [-0.3, -0.25) is 14.6 Å². The van der Waals surface area contributed by atoms with Crippen molar-refractivity contribution >= 4 is 28.4 Å². The Bertz CT molecular complexity index is 1170. The van der Waals surface area contributed by atoms with Gasteiger partial charge >= 0.3 is 0 Å².